The molecule has 0 saturated carbocycles. The third-order valence-corrected chi connectivity index (χ3v) is 6.89. The first-order chi connectivity index (χ1) is 13.3. The Morgan fingerprint density at radius 3 is 2.36 bits per heavy atom. The second-order valence-corrected chi connectivity index (χ2v) is 9.40. The lowest BCUT2D eigenvalue weighted by atomic mass is 9.95. The molecular weight excluding hydrogens is 372 g/mol. The molecule has 2 aromatic carbocycles. The smallest absolute Gasteiger partial charge is 0.254 e. The molecule has 1 heterocycles. The van der Waals surface area contributed by atoms with E-state index in [1.54, 1.807) is 12.1 Å². The van der Waals surface area contributed by atoms with Gasteiger partial charge in [0.1, 0.15) is 0 Å². The highest BCUT2D eigenvalue weighted by atomic mass is 32.2. The third-order valence-electron chi connectivity index (χ3n) is 5.49. The van der Waals surface area contributed by atoms with Crippen molar-refractivity contribution in [2.24, 2.45) is 0 Å². The maximum Gasteiger partial charge on any atom is 0.254 e. The van der Waals surface area contributed by atoms with Gasteiger partial charge in [-0.1, -0.05) is 36.4 Å². The van der Waals surface area contributed by atoms with E-state index in [0.717, 1.165) is 30.4 Å². The zero-order valence-electron chi connectivity index (χ0n) is 16.7. The van der Waals surface area contributed by atoms with Gasteiger partial charge in [0.05, 0.1) is 4.90 Å². The Bertz CT molecular complexity index is 932. The molecule has 0 spiro atoms. The van der Waals surface area contributed by atoms with Gasteiger partial charge in [-0.15, -0.1) is 0 Å². The van der Waals surface area contributed by atoms with E-state index in [-0.39, 0.29) is 29.4 Å². The number of carbonyl (C=O) groups is 1. The van der Waals surface area contributed by atoms with Crippen LogP contribution in [0.1, 0.15) is 54.6 Å². The summed E-state index contributed by atoms with van der Waals surface area (Å²) >= 11 is 0. The molecule has 1 fully saturated rings. The van der Waals surface area contributed by atoms with Crippen molar-refractivity contribution in [2.75, 3.05) is 0 Å². The van der Waals surface area contributed by atoms with Crippen molar-refractivity contribution in [1.82, 2.24) is 9.62 Å². The molecule has 3 rings (SSSR count). The first kappa shape index (κ1) is 20.6. The summed E-state index contributed by atoms with van der Waals surface area (Å²) in [6, 6.07) is 14.5. The highest BCUT2D eigenvalue weighted by Gasteiger charge is 2.31. The van der Waals surface area contributed by atoms with E-state index in [2.05, 4.69) is 18.6 Å². The van der Waals surface area contributed by atoms with Gasteiger partial charge in [0.15, 0.2) is 0 Å². The predicted molar refractivity (Wildman–Crippen MR) is 111 cm³/mol. The van der Waals surface area contributed by atoms with Crippen LogP contribution in [0.3, 0.4) is 0 Å². The van der Waals surface area contributed by atoms with E-state index >= 15 is 0 Å². The van der Waals surface area contributed by atoms with E-state index in [1.807, 2.05) is 42.2 Å². The van der Waals surface area contributed by atoms with Crippen molar-refractivity contribution in [3.8, 4) is 0 Å². The van der Waals surface area contributed by atoms with Crippen LogP contribution in [0.15, 0.2) is 53.4 Å². The Hall–Kier alpha value is -2.18. The van der Waals surface area contributed by atoms with Crippen LogP contribution in [0.25, 0.3) is 0 Å². The molecule has 1 aliphatic heterocycles. The fraction of sp³-hybridized carbons (Fsp3) is 0.409. The van der Waals surface area contributed by atoms with Crippen molar-refractivity contribution in [2.45, 2.75) is 63.6 Å². The standard InChI is InChI=1S/C22H28N2O3S/c1-16-12-13-20(28(26,27)23-15-19-10-5-4-6-11-19)14-21(16)22(25)24-17(2)8-7-9-18(24)3/h4-6,10-14,17-18,23H,7-9,15H2,1-3H3. The van der Waals surface area contributed by atoms with Gasteiger partial charge in [0.25, 0.3) is 5.91 Å². The summed E-state index contributed by atoms with van der Waals surface area (Å²) in [4.78, 5) is 15.2. The molecule has 0 aliphatic carbocycles. The van der Waals surface area contributed by atoms with Gasteiger partial charge in [-0.3, -0.25) is 4.79 Å². The minimum Gasteiger partial charge on any atom is -0.333 e. The molecule has 5 nitrogen and oxygen atoms in total. The number of hydrogen-bond donors (Lipinski definition) is 1. The van der Waals surface area contributed by atoms with Crippen molar-refractivity contribution in [1.29, 1.82) is 0 Å². The minimum absolute atomic E-state index is 0.0858. The van der Waals surface area contributed by atoms with Crippen LogP contribution in [-0.2, 0) is 16.6 Å². The summed E-state index contributed by atoms with van der Waals surface area (Å²) in [5.74, 6) is -0.0858. The summed E-state index contributed by atoms with van der Waals surface area (Å²) in [5.41, 5.74) is 2.13. The Balaban J connectivity index is 1.85. The average molecular weight is 401 g/mol. The third kappa shape index (κ3) is 4.45. The SMILES string of the molecule is Cc1ccc(S(=O)(=O)NCc2ccccc2)cc1C(=O)N1C(C)CCCC1C. The fourth-order valence-electron chi connectivity index (χ4n) is 3.82. The topological polar surface area (TPSA) is 66.5 Å². The predicted octanol–water partition coefficient (Wildman–Crippen LogP) is 3.88. The van der Waals surface area contributed by atoms with E-state index in [9.17, 15) is 13.2 Å². The Morgan fingerprint density at radius 1 is 1.07 bits per heavy atom. The molecule has 2 unspecified atom stereocenters. The number of hydrogen-bond acceptors (Lipinski definition) is 3. The van der Waals surface area contributed by atoms with E-state index in [0.29, 0.717) is 5.56 Å². The van der Waals surface area contributed by atoms with Crippen molar-refractivity contribution < 1.29 is 13.2 Å². The number of piperidine rings is 1. The first-order valence-electron chi connectivity index (χ1n) is 9.76. The Morgan fingerprint density at radius 2 is 1.71 bits per heavy atom. The van der Waals surface area contributed by atoms with Crippen LogP contribution in [0.2, 0.25) is 0 Å². The van der Waals surface area contributed by atoms with Gasteiger partial charge in [0.2, 0.25) is 10.0 Å². The number of amides is 1. The van der Waals surface area contributed by atoms with Crippen LogP contribution in [0.5, 0.6) is 0 Å². The number of carbonyl (C=O) groups excluding carboxylic acids is 1. The molecule has 0 bridgehead atoms. The number of aryl methyl sites for hydroxylation is 1. The van der Waals surface area contributed by atoms with Gasteiger partial charge in [-0.25, -0.2) is 13.1 Å². The molecule has 28 heavy (non-hydrogen) atoms. The number of rotatable bonds is 5. The summed E-state index contributed by atoms with van der Waals surface area (Å²) < 4.78 is 28.1. The van der Waals surface area contributed by atoms with Crippen LogP contribution >= 0.6 is 0 Å². The molecule has 0 aromatic heterocycles. The number of nitrogens with zero attached hydrogens (tertiary/aromatic N) is 1. The van der Waals surface area contributed by atoms with Crippen molar-refractivity contribution in [3.63, 3.8) is 0 Å². The maximum absolute atomic E-state index is 13.2. The quantitative estimate of drug-likeness (QED) is 0.828. The molecule has 1 aliphatic rings. The zero-order valence-corrected chi connectivity index (χ0v) is 17.5. The van der Waals surface area contributed by atoms with Gasteiger partial charge < -0.3 is 4.90 Å². The lowest BCUT2D eigenvalue weighted by Crippen LogP contribution is -2.47. The Kier molecular flexibility index (Phi) is 6.20. The monoisotopic (exact) mass is 400 g/mol. The molecular formula is C22H28N2O3S. The molecule has 0 radical (unpaired) electrons. The van der Waals surface area contributed by atoms with E-state index in [1.165, 1.54) is 6.07 Å². The van der Waals surface area contributed by atoms with Crippen molar-refractivity contribution >= 4 is 15.9 Å². The number of likely N-dealkylation sites (tertiary alicyclic amines) is 1. The summed E-state index contributed by atoms with van der Waals surface area (Å²) in [7, 11) is -3.71. The van der Waals surface area contributed by atoms with E-state index < -0.39 is 10.0 Å². The highest BCUT2D eigenvalue weighted by molar-refractivity contribution is 7.89. The fourth-order valence-corrected chi connectivity index (χ4v) is 4.86. The molecule has 6 heteroatoms. The first-order valence-corrected chi connectivity index (χ1v) is 11.2. The highest BCUT2D eigenvalue weighted by Crippen LogP contribution is 2.26. The molecule has 1 saturated heterocycles. The molecule has 2 atom stereocenters. The minimum atomic E-state index is -3.71. The Labute approximate surface area is 167 Å². The average Bonchev–Trinajstić information content (AvgIpc) is 2.67. The summed E-state index contributed by atoms with van der Waals surface area (Å²) in [5, 5.41) is 0. The van der Waals surface area contributed by atoms with E-state index in [4.69, 9.17) is 0 Å². The second-order valence-electron chi connectivity index (χ2n) is 7.63. The van der Waals surface area contributed by atoms with Crippen LogP contribution < -0.4 is 4.72 Å². The number of benzene rings is 2. The van der Waals surface area contributed by atoms with Gasteiger partial charge in [0, 0.05) is 24.2 Å². The van der Waals surface area contributed by atoms with Crippen LogP contribution in [-0.4, -0.2) is 31.3 Å². The van der Waals surface area contributed by atoms with Crippen molar-refractivity contribution in [3.05, 3.63) is 65.2 Å². The van der Waals surface area contributed by atoms with Crippen LogP contribution in [0.4, 0.5) is 0 Å². The van der Waals surface area contributed by atoms with Gasteiger partial charge in [-0.05, 0) is 63.3 Å². The normalized spacial score (nSPS) is 20.2. The molecule has 150 valence electrons. The largest absolute Gasteiger partial charge is 0.333 e. The zero-order chi connectivity index (χ0) is 20.3. The second kappa shape index (κ2) is 8.45. The molecule has 2 aromatic rings. The molecule has 1 N–H and O–H groups in total. The molecule has 1 amide bonds. The van der Waals surface area contributed by atoms with Crippen LogP contribution in [0, 0.1) is 6.92 Å². The lowest BCUT2D eigenvalue weighted by Gasteiger charge is -2.39. The summed E-state index contributed by atoms with van der Waals surface area (Å²) in [6.07, 6.45) is 3.07. The number of nitrogens with one attached hydrogen (secondary N) is 1. The summed E-state index contributed by atoms with van der Waals surface area (Å²) in [6.45, 7) is 6.18. The van der Waals surface area contributed by atoms with Gasteiger partial charge >= 0.3 is 0 Å². The number of sulfonamides is 1. The van der Waals surface area contributed by atoms with Gasteiger partial charge in [-0.2, -0.15) is 0 Å². The maximum atomic E-state index is 13.2. The lowest BCUT2D eigenvalue weighted by molar-refractivity contribution is 0.0510.